The number of hydrogen-bond acceptors (Lipinski definition) is 9. The molecular weight excluding hydrogens is 771 g/mol. The van der Waals surface area contributed by atoms with Crippen LogP contribution in [0.5, 0.6) is 0 Å². The van der Waals surface area contributed by atoms with Crippen LogP contribution in [-0.4, -0.2) is 88.1 Å². The highest BCUT2D eigenvalue weighted by Gasteiger charge is 2.41. The number of carbonyl (C=O) groups is 4. The fourth-order valence-corrected chi connectivity index (χ4v) is 9.08. The van der Waals surface area contributed by atoms with Crippen molar-refractivity contribution in [1.82, 2.24) is 0 Å². The second-order valence-electron chi connectivity index (χ2n) is 17.4. The third-order valence-corrected chi connectivity index (χ3v) is 16.7. The van der Waals surface area contributed by atoms with Gasteiger partial charge in [-0.1, -0.05) is 32.9 Å². The van der Waals surface area contributed by atoms with E-state index in [1.54, 1.807) is 24.3 Å². The quantitative estimate of drug-likeness (QED) is 0.233. The number of amides is 4. The number of aliphatic hydroxyl groups is 1. The lowest BCUT2D eigenvalue weighted by molar-refractivity contribution is -0.125. The molecule has 5 aliphatic rings. The first-order chi connectivity index (χ1) is 27.3. The van der Waals surface area contributed by atoms with Crippen LogP contribution in [0, 0.1) is 11.6 Å². The van der Waals surface area contributed by atoms with Crippen molar-refractivity contribution in [3.05, 3.63) is 59.2 Å². The fraction of sp³-hybridized carbons (Fsp3) is 0.619. The fourth-order valence-electron chi connectivity index (χ4n) is 7.66. The molecule has 58 heavy (non-hydrogen) atoms. The lowest BCUT2D eigenvalue weighted by Gasteiger charge is -2.41. The molecule has 0 spiro atoms. The van der Waals surface area contributed by atoms with Crippen molar-refractivity contribution in [2.45, 2.75) is 139 Å². The summed E-state index contributed by atoms with van der Waals surface area (Å²) in [6.07, 6.45) is 5.55. The Kier molecular flexibility index (Phi) is 15.0. The van der Waals surface area contributed by atoms with Gasteiger partial charge in [-0.15, -0.1) is 0 Å². The number of ether oxygens (including phenoxy) is 3. The summed E-state index contributed by atoms with van der Waals surface area (Å²) in [6, 6.07) is 9.39. The highest BCUT2D eigenvalue weighted by molar-refractivity contribution is 6.74. The predicted molar refractivity (Wildman–Crippen MR) is 217 cm³/mol. The lowest BCUT2D eigenvalue weighted by atomic mass is 9.82. The van der Waals surface area contributed by atoms with Crippen LogP contribution in [0.4, 0.5) is 29.7 Å². The number of halogens is 2. The number of nitrogens with two attached hydrogens (primary N) is 2. The van der Waals surface area contributed by atoms with Crippen molar-refractivity contribution >= 4 is 43.7 Å². The number of hydrogen-bond donors (Lipinski definition) is 3. The van der Waals surface area contributed by atoms with E-state index in [2.05, 4.69) is 33.9 Å². The first kappa shape index (κ1) is 45.0. The van der Waals surface area contributed by atoms with E-state index < -0.39 is 44.5 Å². The first-order valence-electron chi connectivity index (χ1n) is 20.4. The number of aliphatic hydroxyl groups excluding tert-OH is 1. The third-order valence-electron chi connectivity index (χ3n) is 12.2. The molecule has 13 nitrogen and oxygen atoms in total. The number of benzene rings is 2. The van der Waals surface area contributed by atoms with Crippen LogP contribution in [0.3, 0.4) is 0 Å². The normalized spacial score (nSPS) is 26.2. The Morgan fingerprint density at radius 2 is 1.16 bits per heavy atom. The molecule has 2 aromatic carbocycles. The maximum absolute atomic E-state index is 14.9. The lowest BCUT2D eigenvalue weighted by Crippen LogP contribution is -2.44. The molecule has 0 aromatic heterocycles. The molecule has 0 radical (unpaired) electrons. The zero-order chi connectivity index (χ0) is 42.4. The van der Waals surface area contributed by atoms with Crippen molar-refractivity contribution in [3.63, 3.8) is 0 Å². The number of primary amides is 2. The molecule has 3 aliphatic heterocycles. The Balaban J connectivity index is 0.000000202. The summed E-state index contributed by atoms with van der Waals surface area (Å²) in [5.41, 5.74) is 12.3. The monoisotopic (exact) mass is 830 g/mol. The minimum atomic E-state index is -1.80. The second kappa shape index (κ2) is 19.3. The largest absolute Gasteiger partial charge is 0.434 e. The van der Waals surface area contributed by atoms with Crippen LogP contribution in [-0.2, 0) is 28.2 Å². The molecule has 2 aliphatic carbocycles. The number of cyclic esters (lactones) is 2. The zero-order valence-corrected chi connectivity index (χ0v) is 35.3. The number of anilines is 2. The minimum Gasteiger partial charge on any atom is -0.434 e. The number of carbonyl (C=O) groups excluding carboxylic acids is 4. The number of nitrogens with zero attached hydrogens (tertiary/aromatic N) is 2. The van der Waals surface area contributed by atoms with E-state index in [-0.39, 0.29) is 53.8 Å². The Morgan fingerprint density at radius 1 is 0.741 bits per heavy atom. The van der Waals surface area contributed by atoms with Gasteiger partial charge in [-0.05, 0) is 130 Å². The maximum Gasteiger partial charge on any atom is 0.415 e. The molecule has 320 valence electrons. The minimum absolute atomic E-state index is 0.00283. The Labute approximate surface area is 340 Å². The van der Waals surface area contributed by atoms with Crippen LogP contribution >= 0.6 is 0 Å². The van der Waals surface area contributed by atoms with Crippen LogP contribution in [0.2, 0.25) is 18.1 Å². The zero-order valence-electron chi connectivity index (χ0n) is 34.3. The predicted octanol–water partition coefficient (Wildman–Crippen LogP) is 7.14. The summed E-state index contributed by atoms with van der Waals surface area (Å²) < 4.78 is 50.6. The van der Waals surface area contributed by atoms with Gasteiger partial charge in [-0.25, -0.2) is 18.4 Å². The van der Waals surface area contributed by atoms with Gasteiger partial charge in [0.25, 0.3) is 11.8 Å². The summed E-state index contributed by atoms with van der Waals surface area (Å²) in [5, 5.41) is 9.72. The summed E-state index contributed by atoms with van der Waals surface area (Å²) in [6.45, 7) is 13.2. The summed E-state index contributed by atoms with van der Waals surface area (Å²) >= 11 is 0. The SMILES string of the molecule is C1CCOC1.CC(C)(C)[Si](C)(C)OC1CCC(c2ccc(N3C[C@H](C(N)=O)OC3=O)cc2F)CC1.NC(=O)[C@H]1CN(c2ccc(C3CCC(O)CC3)c(F)c2)C(=O)O1. The van der Waals surface area contributed by atoms with Gasteiger partial charge in [0.1, 0.15) is 11.6 Å². The van der Waals surface area contributed by atoms with Crippen molar-refractivity contribution < 1.29 is 51.7 Å². The third kappa shape index (κ3) is 11.3. The highest BCUT2D eigenvalue weighted by Crippen LogP contribution is 2.42. The average Bonchev–Trinajstić information content (AvgIpc) is 3.95. The standard InChI is InChI=1S/C22H33FN2O4Si.C16H19FN2O4.C4H8O/c1-22(2,3)30(4,5)29-16-9-6-14(7-10-16)17-11-8-15(12-18(17)23)25-13-19(20(24)26)28-21(25)27;17-13-7-10(19-8-14(15(18)21)23-16(19)22)3-6-12(13)9-1-4-11(20)5-2-9;1-2-4-5-3-1/h8,11-12,14,16,19H,6-7,9-10,13H2,1-5H3,(H2,24,26);3,6-7,9,11,14,20H,1-2,4-5,8H2,(H2,18,21);1-4H2/t14?,16?,19-;9?,11?,14-;/m11./s1. The van der Waals surface area contributed by atoms with Crippen molar-refractivity contribution in [3.8, 4) is 0 Å². The molecular formula is C42H60F2N4O9Si. The first-order valence-corrected chi connectivity index (χ1v) is 23.3. The Hall–Kier alpha value is -4.12. The van der Waals surface area contributed by atoms with Crippen molar-refractivity contribution in [1.29, 1.82) is 0 Å². The van der Waals surface area contributed by atoms with Crippen LogP contribution < -0.4 is 21.3 Å². The molecule has 3 saturated heterocycles. The van der Waals surface area contributed by atoms with Crippen LogP contribution in [0.15, 0.2) is 36.4 Å². The molecule has 4 amide bonds. The molecule has 5 N–H and O–H groups in total. The van der Waals surface area contributed by atoms with Crippen molar-refractivity contribution in [2.75, 3.05) is 36.1 Å². The van der Waals surface area contributed by atoms with Gasteiger partial charge in [0.05, 0.1) is 30.6 Å². The average molecular weight is 831 g/mol. The van der Waals surface area contributed by atoms with E-state index in [1.807, 2.05) is 0 Å². The Morgan fingerprint density at radius 3 is 1.48 bits per heavy atom. The molecule has 0 bridgehead atoms. The summed E-state index contributed by atoms with van der Waals surface area (Å²) in [4.78, 5) is 48.5. The number of rotatable bonds is 8. The van der Waals surface area contributed by atoms with E-state index in [0.29, 0.717) is 35.3 Å². The summed E-state index contributed by atoms with van der Waals surface area (Å²) in [5.74, 6) is -1.94. The molecule has 3 heterocycles. The van der Waals surface area contributed by atoms with E-state index in [4.69, 9.17) is 30.1 Å². The Bertz CT molecular complexity index is 1770. The maximum atomic E-state index is 14.9. The van der Waals surface area contributed by atoms with Gasteiger partial charge in [0.15, 0.2) is 20.5 Å². The van der Waals surface area contributed by atoms with Gasteiger partial charge in [0, 0.05) is 19.3 Å². The van der Waals surface area contributed by atoms with Gasteiger partial charge < -0.3 is 35.2 Å². The van der Waals surface area contributed by atoms with Crippen LogP contribution in [0.25, 0.3) is 0 Å². The molecule has 16 heteroatoms. The van der Waals surface area contributed by atoms with Gasteiger partial charge in [0.2, 0.25) is 0 Å². The smallest absolute Gasteiger partial charge is 0.415 e. The topological polar surface area (TPSA) is 184 Å². The molecule has 2 aromatic rings. The second-order valence-corrected chi connectivity index (χ2v) is 22.1. The molecule has 5 fully saturated rings. The molecule has 0 unspecified atom stereocenters. The molecule has 7 rings (SSSR count). The van der Waals surface area contributed by atoms with E-state index in [9.17, 15) is 33.1 Å². The van der Waals surface area contributed by atoms with Crippen LogP contribution in [0.1, 0.15) is 108 Å². The molecule has 2 atom stereocenters. The van der Waals surface area contributed by atoms with Gasteiger partial charge in [-0.3, -0.25) is 19.4 Å². The summed E-state index contributed by atoms with van der Waals surface area (Å²) in [7, 11) is -1.80. The van der Waals surface area contributed by atoms with Gasteiger partial charge in [-0.2, -0.15) is 0 Å². The molecule has 2 saturated carbocycles. The van der Waals surface area contributed by atoms with Gasteiger partial charge >= 0.3 is 12.2 Å². The van der Waals surface area contributed by atoms with E-state index in [0.717, 1.165) is 51.7 Å². The van der Waals surface area contributed by atoms with Crippen molar-refractivity contribution in [2.24, 2.45) is 11.5 Å². The van der Waals surface area contributed by atoms with E-state index in [1.165, 1.54) is 34.8 Å². The van der Waals surface area contributed by atoms with E-state index >= 15 is 0 Å². The highest BCUT2D eigenvalue weighted by atomic mass is 28.4.